The number of carbonyl (C=O) groups excluding carboxylic acids is 1. The molecule has 0 aliphatic carbocycles. The van der Waals surface area contributed by atoms with Crippen molar-refractivity contribution in [1.82, 2.24) is 4.57 Å². The van der Waals surface area contributed by atoms with Crippen LogP contribution in [0.3, 0.4) is 0 Å². The summed E-state index contributed by atoms with van der Waals surface area (Å²) in [6.45, 7) is 0. The van der Waals surface area contributed by atoms with Gasteiger partial charge in [-0.15, -0.1) is 0 Å². The summed E-state index contributed by atoms with van der Waals surface area (Å²) in [6.07, 6.45) is 1.83. The lowest BCUT2D eigenvalue weighted by Crippen LogP contribution is -2.02. The summed E-state index contributed by atoms with van der Waals surface area (Å²) in [5, 5.41) is 8.92. The first-order valence-corrected chi connectivity index (χ1v) is 5.54. The van der Waals surface area contributed by atoms with E-state index >= 15 is 0 Å². The van der Waals surface area contributed by atoms with Crippen LogP contribution in [0.4, 0.5) is 0 Å². The predicted octanol–water partition coefficient (Wildman–Crippen LogP) is 2.15. The van der Waals surface area contributed by atoms with Gasteiger partial charge in [0.1, 0.15) is 5.69 Å². The molecule has 1 heterocycles. The maximum atomic E-state index is 12.0. The first-order valence-electron chi connectivity index (χ1n) is 5.54. The van der Waals surface area contributed by atoms with E-state index in [2.05, 4.69) is 0 Å². The number of rotatable bonds is 4. The first-order chi connectivity index (χ1) is 8.58. The molecular weight excluding hydrogens is 230 g/mol. The van der Waals surface area contributed by atoms with Gasteiger partial charge in [-0.2, -0.15) is 0 Å². The first kappa shape index (κ1) is 12.1. The molecule has 4 nitrogen and oxygen atoms in total. The van der Waals surface area contributed by atoms with Crippen molar-refractivity contribution in [2.45, 2.75) is 6.42 Å². The maximum Gasteiger partial charge on any atom is 0.352 e. The van der Waals surface area contributed by atoms with Crippen molar-refractivity contribution in [1.29, 1.82) is 0 Å². The topological polar surface area (TPSA) is 59.3 Å². The third kappa shape index (κ3) is 2.48. The van der Waals surface area contributed by atoms with Crippen molar-refractivity contribution in [2.24, 2.45) is 7.05 Å². The second-order valence-electron chi connectivity index (χ2n) is 4.12. The van der Waals surface area contributed by atoms with Crippen molar-refractivity contribution in [3.8, 4) is 0 Å². The van der Waals surface area contributed by atoms with E-state index in [0.717, 1.165) is 5.56 Å². The van der Waals surface area contributed by atoms with Crippen LogP contribution in [0.15, 0.2) is 42.6 Å². The fourth-order valence-corrected chi connectivity index (χ4v) is 1.81. The van der Waals surface area contributed by atoms with Gasteiger partial charge in [0.25, 0.3) is 0 Å². The maximum absolute atomic E-state index is 12.0. The number of hydrogen-bond donors (Lipinski definition) is 1. The van der Waals surface area contributed by atoms with Crippen LogP contribution in [0, 0.1) is 0 Å². The number of Topliss-reactive ketones (excluding diaryl/α,β-unsaturated/α-hetero) is 1. The molecule has 1 N–H and O–H groups in total. The van der Waals surface area contributed by atoms with Crippen LogP contribution in [0.1, 0.15) is 26.4 Å². The van der Waals surface area contributed by atoms with Gasteiger partial charge in [-0.3, -0.25) is 4.79 Å². The number of carboxylic acid groups (broad SMARTS) is 1. The van der Waals surface area contributed by atoms with Crippen molar-refractivity contribution in [3.63, 3.8) is 0 Å². The molecule has 0 spiro atoms. The molecule has 0 amide bonds. The second kappa shape index (κ2) is 4.87. The van der Waals surface area contributed by atoms with Crippen molar-refractivity contribution >= 4 is 11.8 Å². The van der Waals surface area contributed by atoms with Crippen LogP contribution in [0.5, 0.6) is 0 Å². The summed E-state index contributed by atoms with van der Waals surface area (Å²) in [7, 11) is 1.61. The molecule has 0 aliphatic heterocycles. The average Bonchev–Trinajstić information content (AvgIpc) is 2.73. The van der Waals surface area contributed by atoms with E-state index in [4.69, 9.17) is 5.11 Å². The van der Waals surface area contributed by atoms with Crippen molar-refractivity contribution < 1.29 is 14.7 Å². The Balaban J connectivity index is 2.20. The zero-order valence-electron chi connectivity index (χ0n) is 9.96. The van der Waals surface area contributed by atoms with E-state index in [9.17, 15) is 9.59 Å². The Kier molecular flexibility index (Phi) is 3.28. The molecule has 0 aliphatic rings. The van der Waals surface area contributed by atoms with E-state index in [-0.39, 0.29) is 17.9 Å². The summed E-state index contributed by atoms with van der Waals surface area (Å²) >= 11 is 0. The summed E-state index contributed by atoms with van der Waals surface area (Å²) in [5.74, 6) is -1.11. The van der Waals surface area contributed by atoms with Crippen molar-refractivity contribution in [2.75, 3.05) is 0 Å². The SMILES string of the molecule is Cn1cc(C(=O)Cc2ccccc2)cc1C(=O)O. The Morgan fingerprint density at radius 2 is 1.89 bits per heavy atom. The molecule has 2 aromatic rings. The van der Waals surface area contributed by atoms with Gasteiger partial charge in [0, 0.05) is 25.2 Å². The normalized spacial score (nSPS) is 10.3. The lowest BCUT2D eigenvalue weighted by atomic mass is 10.1. The Bertz CT molecular complexity index is 584. The van der Waals surface area contributed by atoms with Crippen LogP contribution in [-0.2, 0) is 13.5 Å². The van der Waals surface area contributed by atoms with Crippen LogP contribution in [0.25, 0.3) is 0 Å². The molecule has 0 bridgehead atoms. The number of carbonyl (C=O) groups is 2. The van der Waals surface area contributed by atoms with Gasteiger partial charge in [-0.1, -0.05) is 30.3 Å². The molecule has 0 saturated carbocycles. The Morgan fingerprint density at radius 3 is 2.44 bits per heavy atom. The molecule has 4 heteroatoms. The van der Waals surface area contributed by atoms with Gasteiger partial charge in [-0.05, 0) is 11.6 Å². The monoisotopic (exact) mass is 243 g/mol. The lowest BCUT2D eigenvalue weighted by Gasteiger charge is -1.98. The number of hydrogen-bond acceptors (Lipinski definition) is 2. The largest absolute Gasteiger partial charge is 0.477 e. The zero-order chi connectivity index (χ0) is 13.1. The number of aromatic nitrogens is 1. The fourth-order valence-electron chi connectivity index (χ4n) is 1.81. The highest BCUT2D eigenvalue weighted by Crippen LogP contribution is 2.11. The average molecular weight is 243 g/mol. The minimum absolute atomic E-state index is 0.0794. The van der Waals surface area contributed by atoms with Gasteiger partial charge in [0.15, 0.2) is 5.78 Å². The van der Waals surface area contributed by atoms with Crippen LogP contribution < -0.4 is 0 Å². The number of aryl methyl sites for hydroxylation is 1. The molecule has 0 saturated heterocycles. The van der Waals surface area contributed by atoms with E-state index in [1.165, 1.54) is 10.6 Å². The molecule has 92 valence electrons. The molecule has 0 atom stereocenters. The standard InChI is InChI=1S/C14H13NO3/c1-15-9-11(8-12(15)14(17)18)13(16)7-10-5-3-2-4-6-10/h2-6,8-9H,7H2,1H3,(H,17,18). The third-order valence-corrected chi connectivity index (χ3v) is 2.75. The quantitative estimate of drug-likeness (QED) is 0.837. The van der Waals surface area contributed by atoms with Crippen LogP contribution in [-0.4, -0.2) is 21.4 Å². The smallest absolute Gasteiger partial charge is 0.352 e. The summed E-state index contributed by atoms with van der Waals surface area (Å²) < 4.78 is 1.44. The molecule has 1 aromatic carbocycles. The molecule has 1 aromatic heterocycles. The van der Waals surface area contributed by atoms with Crippen molar-refractivity contribution in [3.05, 3.63) is 59.4 Å². The Labute approximate surface area is 104 Å². The molecule has 0 fully saturated rings. The summed E-state index contributed by atoms with van der Waals surface area (Å²) in [5.41, 5.74) is 1.47. The van der Waals surface area contributed by atoms with Crippen LogP contribution >= 0.6 is 0 Å². The zero-order valence-corrected chi connectivity index (χ0v) is 9.96. The molecule has 2 rings (SSSR count). The third-order valence-electron chi connectivity index (χ3n) is 2.75. The van der Waals surface area contributed by atoms with Crippen LogP contribution in [0.2, 0.25) is 0 Å². The molecular formula is C14H13NO3. The van der Waals surface area contributed by atoms with E-state index in [0.29, 0.717) is 5.56 Å². The highest BCUT2D eigenvalue weighted by molar-refractivity contribution is 5.99. The van der Waals surface area contributed by atoms with E-state index in [1.54, 1.807) is 13.2 Å². The lowest BCUT2D eigenvalue weighted by molar-refractivity contribution is 0.0686. The van der Waals surface area contributed by atoms with Gasteiger partial charge < -0.3 is 9.67 Å². The van der Waals surface area contributed by atoms with Gasteiger partial charge >= 0.3 is 5.97 Å². The Morgan fingerprint density at radius 1 is 1.22 bits per heavy atom. The number of ketones is 1. The molecule has 0 unspecified atom stereocenters. The molecule has 0 radical (unpaired) electrons. The predicted molar refractivity (Wildman–Crippen MR) is 66.8 cm³/mol. The van der Waals surface area contributed by atoms with Gasteiger partial charge in [-0.25, -0.2) is 4.79 Å². The number of carboxylic acids is 1. The van der Waals surface area contributed by atoms with Gasteiger partial charge in [0.05, 0.1) is 0 Å². The number of aromatic carboxylic acids is 1. The van der Waals surface area contributed by atoms with E-state index < -0.39 is 5.97 Å². The number of nitrogens with zero attached hydrogens (tertiary/aromatic N) is 1. The highest BCUT2D eigenvalue weighted by Gasteiger charge is 2.14. The number of benzene rings is 1. The van der Waals surface area contributed by atoms with E-state index in [1.807, 2.05) is 30.3 Å². The summed E-state index contributed by atoms with van der Waals surface area (Å²) in [4.78, 5) is 22.9. The minimum atomic E-state index is -1.03. The summed E-state index contributed by atoms with van der Waals surface area (Å²) in [6, 6.07) is 10.8. The molecule has 18 heavy (non-hydrogen) atoms. The Hall–Kier alpha value is -2.36. The second-order valence-corrected chi connectivity index (χ2v) is 4.12. The van der Waals surface area contributed by atoms with Gasteiger partial charge in [0.2, 0.25) is 0 Å². The fraction of sp³-hybridized carbons (Fsp3) is 0.143. The highest BCUT2D eigenvalue weighted by atomic mass is 16.4. The minimum Gasteiger partial charge on any atom is -0.477 e.